The van der Waals surface area contributed by atoms with Crippen molar-refractivity contribution in [1.82, 2.24) is 19.6 Å². The summed E-state index contributed by atoms with van der Waals surface area (Å²) in [7, 11) is 0. The maximum absolute atomic E-state index is 5.58. The Morgan fingerprint density at radius 1 is 1.06 bits per heavy atom. The summed E-state index contributed by atoms with van der Waals surface area (Å²) in [4.78, 5) is 8.10. The van der Waals surface area contributed by atoms with Gasteiger partial charge in [0, 0.05) is 18.0 Å². The molecule has 3 aromatic rings. The second-order valence-electron chi connectivity index (χ2n) is 3.39. The maximum Gasteiger partial charge on any atom is 0.240 e. The monoisotopic (exact) mass is 211 g/mol. The largest absolute Gasteiger partial charge is 0.366 e. The number of nitrogens with zero attached hydrogens (tertiary/aromatic N) is 4. The Kier molecular flexibility index (Phi) is 1.83. The number of nitrogen functional groups attached to an aromatic ring is 1. The maximum atomic E-state index is 5.58. The lowest BCUT2D eigenvalue weighted by atomic mass is 10.2. The third-order valence-electron chi connectivity index (χ3n) is 2.35. The van der Waals surface area contributed by atoms with Gasteiger partial charge in [0.2, 0.25) is 5.95 Å². The molecule has 3 rings (SSSR count). The van der Waals surface area contributed by atoms with Gasteiger partial charge in [0.05, 0.1) is 5.69 Å². The molecule has 0 radical (unpaired) electrons. The molecule has 0 bridgehead atoms. The van der Waals surface area contributed by atoms with Crippen LogP contribution in [-0.2, 0) is 0 Å². The lowest BCUT2D eigenvalue weighted by Gasteiger charge is -2.02. The van der Waals surface area contributed by atoms with Crippen LogP contribution in [0.1, 0.15) is 0 Å². The molecule has 0 unspecified atom stereocenters. The molecule has 0 aliphatic rings. The normalized spacial score (nSPS) is 10.8. The van der Waals surface area contributed by atoms with E-state index >= 15 is 0 Å². The van der Waals surface area contributed by atoms with Gasteiger partial charge < -0.3 is 5.73 Å². The first-order valence-corrected chi connectivity index (χ1v) is 4.86. The third-order valence-corrected chi connectivity index (χ3v) is 2.35. The highest BCUT2D eigenvalue weighted by molar-refractivity contribution is 5.62. The minimum absolute atomic E-state index is 0.279. The van der Waals surface area contributed by atoms with Gasteiger partial charge in [0.15, 0.2) is 5.65 Å². The van der Waals surface area contributed by atoms with Gasteiger partial charge >= 0.3 is 0 Å². The second kappa shape index (κ2) is 3.30. The molecule has 0 saturated heterocycles. The first-order valence-electron chi connectivity index (χ1n) is 4.86. The van der Waals surface area contributed by atoms with Crippen LogP contribution in [0, 0.1) is 0 Å². The predicted molar refractivity (Wildman–Crippen MR) is 60.6 cm³/mol. The Morgan fingerprint density at radius 2 is 1.88 bits per heavy atom. The van der Waals surface area contributed by atoms with Crippen molar-refractivity contribution in [2.75, 3.05) is 5.73 Å². The van der Waals surface area contributed by atoms with Crippen molar-refractivity contribution >= 4 is 11.6 Å². The van der Waals surface area contributed by atoms with Gasteiger partial charge in [-0.1, -0.05) is 6.07 Å². The Balaban J connectivity index is 2.31. The Morgan fingerprint density at radius 3 is 2.69 bits per heavy atom. The molecule has 16 heavy (non-hydrogen) atoms. The Bertz CT molecular complexity index is 629. The van der Waals surface area contributed by atoms with Crippen molar-refractivity contribution in [3.8, 4) is 11.3 Å². The van der Waals surface area contributed by atoms with Gasteiger partial charge in [0.1, 0.15) is 0 Å². The Labute approximate surface area is 91.6 Å². The smallest absolute Gasteiger partial charge is 0.240 e. The molecular weight excluding hydrogens is 202 g/mol. The summed E-state index contributed by atoms with van der Waals surface area (Å²) in [5.41, 5.74) is 8.31. The number of aromatic nitrogens is 4. The molecule has 0 spiro atoms. The number of rotatable bonds is 1. The van der Waals surface area contributed by atoms with Gasteiger partial charge in [-0.15, -0.1) is 5.10 Å². The van der Waals surface area contributed by atoms with Crippen LogP contribution in [0.3, 0.4) is 0 Å². The van der Waals surface area contributed by atoms with E-state index in [9.17, 15) is 0 Å². The quantitative estimate of drug-likeness (QED) is 0.660. The number of hydrogen-bond donors (Lipinski definition) is 1. The van der Waals surface area contributed by atoms with E-state index in [2.05, 4.69) is 15.1 Å². The lowest BCUT2D eigenvalue weighted by molar-refractivity contribution is 0.976. The third kappa shape index (κ3) is 1.30. The van der Waals surface area contributed by atoms with E-state index in [1.807, 2.05) is 30.3 Å². The van der Waals surface area contributed by atoms with Gasteiger partial charge in [0.25, 0.3) is 0 Å². The molecule has 0 atom stereocenters. The van der Waals surface area contributed by atoms with E-state index in [0.29, 0.717) is 0 Å². The van der Waals surface area contributed by atoms with Crippen LogP contribution in [0.25, 0.3) is 16.9 Å². The van der Waals surface area contributed by atoms with Crippen molar-refractivity contribution < 1.29 is 0 Å². The highest BCUT2D eigenvalue weighted by Gasteiger charge is 2.05. The number of pyridine rings is 2. The summed E-state index contributed by atoms with van der Waals surface area (Å²) in [5, 5.41) is 4.15. The summed E-state index contributed by atoms with van der Waals surface area (Å²) in [5.74, 6) is 0.279. The topological polar surface area (TPSA) is 69.1 Å². The first-order chi connectivity index (χ1) is 7.84. The van der Waals surface area contributed by atoms with E-state index in [0.717, 1.165) is 16.9 Å². The highest BCUT2D eigenvalue weighted by atomic mass is 15.3. The number of anilines is 1. The molecule has 0 aliphatic heterocycles. The van der Waals surface area contributed by atoms with Gasteiger partial charge in [-0.2, -0.15) is 4.98 Å². The summed E-state index contributed by atoms with van der Waals surface area (Å²) >= 11 is 0. The molecule has 3 heterocycles. The molecule has 0 amide bonds. The van der Waals surface area contributed by atoms with E-state index in [1.165, 1.54) is 0 Å². The van der Waals surface area contributed by atoms with Crippen LogP contribution in [0.5, 0.6) is 0 Å². The highest BCUT2D eigenvalue weighted by Crippen LogP contribution is 2.19. The molecule has 5 heteroatoms. The van der Waals surface area contributed by atoms with E-state index < -0.39 is 0 Å². The molecule has 5 nitrogen and oxygen atoms in total. The fourth-order valence-corrected chi connectivity index (χ4v) is 1.66. The van der Waals surface area contributed by atoms with Crippen molar-refractivity contribution in [2.24, 2.45) is 0 Å². The molecule has 0 saturated carbocycles. The van der Waals surface area contributed by atoms with Crippen LogP contribution < -0.4 is 5.73 Å². The zero-order valence-corrected chi connectivity index (χ0v) is 8.41. The van der Waals surface area contributed by atoms with Crippen molar-refractivity contribution in [3.63, 3.8) is 0 Å². The molecular formula is C11H9N5. The number of fused-ring (bicyclic) bond motifs is 1. The molecule has 2 N–H and O–H groups in total. The van der Waals surface area contributed by atoms with E-state index in [-0.39, 0.29) is 5.95 Å². The average Bonchev–Trinajstić information content (AvgIpc) is 2.70. The summed E-state index contributed by atoms with van der Waals surface area (Å²) in [6, 6.07) is 9.61. The van der Waals surface area contributed by atoms with Crippen LogP contribution in [0.4, 0.5) is 5.95 Å². The van der Waals surface area contributed by atoms with Gasteiger partial charge in [-0.25, -0.2) is 4.52 Å². The first kappa shape index (κ1) is 8.84. The van der Waals surface area contributed by atoms with Crippen molar-refractivity contribution in [1.29, 1.82) is 0 Å². The Hall–Kier alpha value is -2.43. The lowest BCUT2D eigenvalue weighted by Crippen LogP contribution is -1.94. The summed E-state index contributed by atoms with van der Waals surface area (Å²) in [6.45, 7) is 0. The molecule has 3 aromatic heterocycles. The standard InChI is InChI=1S/C11H9N5/c12-11-14-10-3-1-2-9(16(10)15-11)8-4-6-13-7-5-8/h1-7H,(H2,12,15). The van der Waals surface area contributed by atoms with E-state index in [4.69, 9.17) is 5.73 Å². The molecule has 0 fully saturated rings. The molecule has 78 valence electrons. The van der Waals surface area contributed by atoms with Gasteiger partial charge in [-0.05, 0) is 24.3 Å². The zero-order chi connectivity index (χ0) is 11.0. The summed E-state index contributed by atoms with van der Waals surface area (Å²) in [6.07, 6.45) is 3.49. The zero-order valence-electron chi connectivity index (χ0n) is 8.41. The summed E-state index contributed by atoms with van der Waals surface area (Å²) < 4.78 is 1.73. The van der Waals surface area contributed by atoms with Crippen molar-refractivity contribution in [3.05, 3.63) is 42.7 Å². The van der Waals surface area contributed by atoms with Crippen molar-refractivity contribution in [2.45, 2.75) is 0 Å². The SMILES string of the molecule is Nc1nc2cccc(-c3ccncc3)n2n1. The minimum atomic E-state index is 0.279. The number of nitrogens with two attached hydrogens (primary N) is 1. The van der Waals surface area contributed by atoms with E-state index in [1.54, 1.807) is 16.9 Å². The van der Waals surface area contributed by atoms with Gasteiger partial charge in [-0.3, -0.25) is 4.98 Å². The molecule has 0 aliphatic carbocycles. The second-order valence-corrected chi connectivity index (χ2v) is 3.39. The van der Waals surface area contributed by atoms with Crippen LogP contribution >= 0.6 is 0 Å². The minimum Gasteiger partial charge on any atom is -0.366 e. The number of hydrogen-bond acceptors (Lipinski definition) is 4. The van der Waals surface area contributed by atoms with Crippen LogP contribution in [-0.4, -0.2) is 19.6 Å². The fraction of sp³-hybridized carbons (Fsp3) is 0. The van der Waals surface area contributed by atoms with Crippen LogP contribution in [0.2, 0.25) is 0 Å². The fourth-order valence-electron chi connectivity index (χ4n) is 1.66. The average molecular weight is 211 g/mol. The predicted octanol–water partition coefficient (Wildman–Crippen LogP) is 1.37. The molecule has 0 aromatic carbocycles. The van der Waals surface area contributed by atoms with Crippen LogP contribution in [0.15, 0.2) is 42.7 Å².